The minimum absolute atomic E-state index is 0.284. The number of hydrogen-bond acceptors (Lipinski definition) is 3. The van der Waals surface area contributed by atoms with Gasteiger partial charge in [-0.25, -0.2) is 4.79 Å². The van der Waals surface area contributed by atoms with Crippen molar-refractivity contribution >= 4 is 5.97 Å². The molecule has 0 N–H and O–H groups in total. The normalized spacial score (nSPS) is 9.44. The maximum atomic E-state index is 11.2. The first-order valence-electron chi connectivity index (χ1n) is 5.06. The van der Waals surface area contributed by atoms with Crippen LogP contribution in [0.3, 0.4) is 0 Å². The first-order valence-corrected chi connectivity index (χ1v) is 5.06. The van der Waals surface area contributed by atoms with Gasteiger partial charge in [-0.3, -0.25) is 0 Å². The second-order valence-electron chi connectivity index (χ2n) is 3.68. The van der Waals surface area contributed by atoms with E-state index in [2.05, 4.69) is 0 Å². The van der Waals surface area contributed by atoms with Gasteiger partial charge in [0.05, 0.1) is 7.11 Å². The number of methoxy groups -OCH3 is 1. The summed E-state index contributed by atoms with van der Waals surface area (Å²) in [5, 5.41) is 0. The fraction of sp³-hybridized carbons (Fsp3) is 0.308. The van der Waals surface area contributed by atoms with Gasteiger partial charge in [-0.2, -0.15) is 0 Å². The zero-order chi connectivity index (χ0) is 12.0. The fourth-order valence-electron chi connectivity index (χ4n) is 1.15. The van der Waals surface area contributed by atoms with Crippen molar-refractivity contribution in [3.05, 3.63) is 41.5 Å². The highest BCUT2D eigenvalue weighted by Gasteiger charge is 1.99. The average Bonchev–Trinajstić information content (AvgIpc) is 2.26. The van der Waals surface area contributed by atoms with Crippen LogP contribution in [0.15, 0.2) is 35.9 Å². The van der Waals surface area contributed by atoms with E-state index in [4.69, 9.17) is 9.47 Å². The summed E-state index contributed by atoms with van der Waals surface area (Å²) in [6.07, 6.45) is 1.48. The van der Waals surface area contributed by atoms with Crippen LogP contribution in [0.4, 0.5) is 0 Å². The Kier molecular flexibility index (Phi) is 4.58. The van der Waals surface area contributed by atoms with Crippen LogP contribution in [0.1, 0.15) is 19.4 Å². The molecule has 1 aromatic carbocycles. The summed E-state index contributed by atoms with van der Waals surface area (Å²) < 4.78 is 10.1. The summed E-state index contributed by atoms with van der Waals surface area (Å²) in [5.74, 6) is 0.482. The molecule has 3 nitrogen and oxygen atoms in total. The molecule has 0 heterocycles. The Morgan fingerprint density at radius 2 is 1.88 bits per heavy atom. The SMILES string of the molecule is COc1ccc(COC(=O)C=C(C)C)cc1. The lowest BCUT2D eigenvalue weighted by Crippen LogP contribution is -2.01. The highest BCUT2D eigenvalue weighted by Crippen LogP contribution is 2.12. The van der Waals surface area contributed by atoms with Gasteiger partial charge in [-0.05, 0) is 31.5 Å². The lowest BCUT2D eigenvalue weighted by Gasteiger charge is -2.04. The van der Waals surface area contributed by atoms with Crippen molar-refractivity contribution in [2.75, 3.05) is 7.11 Å². The number of carbonyl (C=O) groups is 1. The van der Waals surface area contributed by atoms with E-state index in [9.17, 15) is 4.79 Å². The van der Waals surface area contributed by atoms with Gasteiger partial charge in [-0.1, -0.05) is 17.7 Å². The molecule has 0 aliphatic rings. The Morgan fingerprint density at radius 3 is 2.38 bits per heavy atom. The highest BCUT2D eigenvalue weighted by atomic mass is 16.5. The maximum absolute atomic E-state index is 11.2. The first kappa shape index (κ1) is 12.3. The quantitative estimate of drug-likeness (QED) is 0.578. The molecule has 16 heavy (non-hydrogen) atoms. The number of ether oxygens (including phenoxy) is 2. The zero-order valence-corrected chi connectivity index (χ0v) is 9.82. The summed E-state index contributed by atoms with van der Waals surface area (Å²) in [6.45, 7) is 4.00. The molecule has 3 heteroatoms. The predicted molar refractivity (Wildman–Crippen MR) is 62.2 cm³/mol. The summed E-state index contributed by atoms with van der Waals surface area (Å²) in [7, 11) is 1.61. The Bertz CT molecular complexity index is 373. The smallest absolute Gasteiger partial charge is 0.331 e. The van der Waals surface area contributed by atoms with Crippen LogP contribution in [-0.2, 0) is 16.1 Å². The Hall–Kier alpha value is -1.77. The van der Waals surface area contributed by atoms with E-state index in [0.717, 1.165) is 16.9 Å². The molecule has 0 saturated heterocycles. The predicted octanol–water partition coefficient (Wildman–Crippen LogP) is 2.70. The summed E-state index contributed by atoms with van der Waals surface area (Å²) in [5.41, 5.74) is 1.87. The van der Waals surface area contributed by atoms with Crippen LogP contribution >= 0.6 is 0 Å². The van der Waals surface area contributed by atoms with E-state index in [0.29, 0.717) is 0 Å². The van der Waals surface area contributed by atoms with Gasteiger partial charge in [0.25, 0.3) is 0 Å². The molecule has 0 radical (unpaired) electrons. The molecule has 0 aliphatic carbocycles. The molecule has 0 saturated carbocycles. The number of rotatable bonds is 4. The minimum Gasteiger partial charge on any atom is -0.497 e. The lowest BCUT2D eigenvalue weighted by molar-refractivity contribution is -0.139. The molecule has 1 aromatic rings. The van der Waals surface area contributed by atoms with Gasteiger partial charge < -0.3 is 9.47 Å². The average molecular weight is 220 g/mol. The third-order valence-electron chi connectivity index (χ3n) is 1.95. The van der Waals surface area contributed by atoms with E-state index < -0.39 is 0 Å². The fourth-order valence-corrected chi connectivity index (χ4v) is 1.15. The van der Waals surface area contributed by atoms with Gasteiger partial charge >= 0.3 is 5.97 Å². The van der Waals surface area contributed by atoms with E-state index in [1.54, 1.807) is 7.11 Å². The van der Waals surface area contributed by atoms with Crippen molar-refractivity contribution in [3.63, 3.8) is 0 Å². The largest absolute Gasteiger partial charge is 0.497 e. The molecule has 0 fully saturated rings. The molecule has 0 unspecified atom stereocenters. The van der Waals surface area contributed by atoms with Gasteiger partial charge in [-0.15, -0.1) is 0 Å². The van der Waals surface area contributed by atoms with E-state index in [1.807, 2.05) is 38.1 Å². The van der Waals surface area contributed by atoms with Crippen LogP contribution < -0.4 is 4.74 Å². The van der Waals surface area contributed by atoms with Gasteiger partial charge in [0, 0.05) is 6.08 Å². The maximum Gasteiger partial charge on any atom is 0.331 e. The summed E-state index contributed by atoms with van der Waals surface area (Å²) in [6, 6.07) is 7.41. The van der Waals surface area contributed by atoms with Crippen molar-refractivity contribution in [1.82, 2.24) is 0 Å². The Morgan fingerprint density at radius 1 is 1.25 bits per heavy atom. The van der Waals surface area contributed by atoms with Crippen LogP contribution in [0.25, 0.3) is 0 Å². The van der Waals surface area contributed by atoms with E-state index in [1.165, 1.54) is 6.08 Å². The number of carbonyl (C=O) groups excluding carboxylic acids is 1. The van der Waals surface area contributed by atoms with Crippen molar-refractivity contribution in [1.29, 1.82) is 0 Å². The van der Waals surface area contributed by atoms with Gasteiger partial charge in [0.2, 0.25) is 0 Å². The standard InChI is InChI=1S/C13H16O3/c1-10(2)8-13(14)16-9-11-4-6-12(15-3)7-5-11/h4-8H,9H2,1-3H3. The molecule has 0 aliphatic heterocycles. The van der Waals surface area contributed by atoms with Crippen LogP contribution in [0.2, 0.25) is 0 Å². The third-order valence-corrected chi connectivity index (χ3v) is 1.95. The molecule has 0 amide bonds. The topological polar surface area (TPSA) is 35.5 Å². The molecule has 0 spiro atoms. The molecule has 0 atom stereocenters. The number of benzene rings is 1. The minimum atomic E-state index is -0.309. The number of hydrogen-bond donors (Lipinski definition) is 0. The summed E-state index contributed by atoms with van der Waals surface area (Å²) in [4.78, 5) is 11.2. The zero-order valence-electron chi connectivity index (χ0n) is 9.82. The first-order chi connectivity index (χ1) is 7.61. The molecular formula is C13H16O3. The molecule has 0 aromatic heterocycles. The second-order valence-corrected chi connectivity index (χ2v) is 3.68. The van der Waals surface area contributed by atoms with Crippen LogP contribution in [0.5, 0.6) is 5.75 Å². The second kappa shape index (κ2) is 5.95. The van der Waals surface area contributed by atoms with Crippen molar-refractivity contribution in [2.45, 2.75) is 20.5 Å². The Labute approximate surface area is 95.7 Å². The molecule has 1 rings (SSSR count). The van der Waals surface area contributed by atoms with Gasteiger partial charge in [0.1, 0.15) is 12.4 Å². The summed E-state index contributed by atoms with van der Waals surface area (Å²) >= 11 is 0. The number of allylic oxidation sites excluding steroid dienone is 1. The van der Waals surface area contributed by atoms with Gasteiger partial charge in [0.15, 0.2) is 0 Å². The third kappa shape index (κ3) is 4.17. The van der Waals surface area contributed by atoms with Crippen molar-refractivity contribution < 1.29 is 14.3 Å². The Balaban J connectivity index is 2.48. The highest BCUT2D eigenvalue weighted by molar-refractivity contribution is 5.82. The van der Waals surface area contributed by atoms with Crippen molar-refractivity contribution in [2.24, 2.45) is 0 Å². The van der Waals surface area contributed by atoms with E-state index in [-0.39, 0.29) is 12.6 Å². The number of esters is 1. The molecular weight excluding hydrogens is 204 g/mol. The van der Waals surface area contributed by atoms with Crippen LogP contribution in [-0.4, -0.2) is 13.1 Å². The van der Waals surface area contributed by atoms with E-state index >= 15 is 0 Å². The van der Waals surface area contributed by atoms with Crippen LogP contribution in [0, 0.1) is 0 Å². The monoisotopic (exact) mass is 220 g/mol. The molecule has 86 valence electrons. The molecule has 0 bridgehead atoms. The lowest BCUT2D eigenvalue weighted by atomic mass is 10.2. The van der Waals surface area contributed by atoms with Crippen molar-refractivity contribution in [3.8, 4) is 5.75 Å².